The molecule has 0 fully saturated rings. The number of benzene rings is 2. The predicted molar refractivity (Wildman–Crippen MR) is 94.0 cm³/mol. The van der Waals surface area contributed by atoms with E-state index in [2.05, 4.69) is 12.1 Å². The Hall–Kier alpha value is -2.89. The third-order valence-electron chi connectivity index (χ3n) is 4.81. The molecule has 1 amide bonds. The van der Waals surface area contributed by atoms with Crippen molar-refractivity contribution in [2.45, 2.75) is 25.3 Å². The summed E-state index contributed by atoms with van der Waals surface area (Å²) in [7, 11) is 3.15. The van der Waals surface area contributed by atoms with Gasteiger partial charge in [0.25, 0.3) is 5.91 Å². The van der Waals surface area contributed by atoms with Crippen molar-refractivity contribution < 1.29 is 14.5 Å². The average Bonchev–Trinajstić information content (AvgIpc) is 2.65. The van der Waals surface area contributed by atoms with Gasteiger partial charge in [-0.05, 0) is 36.5 Å². The second kappa shape index (κ2) is 6.93. The molecule has 2 aromatic carbocycles. The highest BCUT2D eigenvalue weighted by Crippen LogP contribution is 2.29. The number of aryl methyl sites for hydroxylation is 1. The van der Waals surface area contributed by atoms with Crippen molar-refractivity contribution in [1.29, 1.82) is 0 Å². The van der Waals surface area contributed by atoms with Gasteiger partial charge in [-0.15, -0.1) is 0 Å². The molecule has 6 nitrogen and oxygen atoms in total. The molecule has 0 aliphatic heterocycles. The summed E-state index contributed by atoms with van der Waals surface area (Å²) in [5.74, 6) is -0.0594. The van der Waals surface area contributed by atoms with Gasteiger partial charge in [-0.3, -0.25) is 14.9 Å². The highest BCUT2D eigenvalue weighted by molar-refractivity contribution is 5.95. The molecule has 1 aliphatic carbocycles. The summed E-state index contributed by atoms with van der Waals surface area (Å²) in [5.41, 5.74) is 2.87. The Bertz CT molecular complexity index is 819. The zero-order chi connectivity index (χ0) is 18.0. The summed E-state index contributed by atoms with van der Waals surface area (Å²) in [6, 6.07) is 12.6. The summed E-state index contributed by atoms with van der Waals surface area (Å²) in [5, 5.41) is 11.0. The van der Waals surface area contributed by atoms with E-state index in [-0.39, 0.29) is 23.4 Å². The van der Waals surface area contributed by atoms with E-state index in [1.165, 1.54) is 36.4 Å². The van der Waals surface area contributed by atoms with Crippen LogP contribution in [0.15, 0.2) is 42.5 Å². The number of fused-ring (bicyclic) bond motifs is 1. The van der Waals surface area contributed by atoms with Crippen LogP contribution in [0, 0.1) is 10.1 Å². The molecule has 0 saturated carbocycles. The number of carbonyl (C=O) groups is 1. The standard InChI is InChI=1S/C19H20N2O4/c1-20(16-9-7-13-5-3-4-6-14(13)11-16)19(22)15-8-10-17(21(23)24)18(12-15)25-2/h3-6,8,10,12,16H,7,9,11H2,1-2H3. The molecular weight excluding hydrogens is 320 g/mol. The molecule has 0 bridgehead atoms. The van der Waals surface area contributed by atoms with Gasteiger partial charge in [0, 0.05) is 30.8 Å². The van der Waals surface area contributed by atoms with Crippen LogP contribution in [-0.2, 0) is 12.8 Å². The van der Waals surface area contributed by atoms with E-state index < -0.39 is 4.92 Å². The van der Waals surface area contributed by atoms with E-state index in [0.29, 0.717) is 5.56 Å². The molecule has 1 aliphatic rings. The lowest BCUT2D eigenvalue weighted by Crippen LogP contribution is -2.40. The van der Waals surface area contributed by atoms with Crippen LogP contribution >= 0.6 is 0 Å². The van der Waals surface area contributed by atoms with Gasteiger partial charge in [0.15, 0.2) is 5.75 Å². The van der Waals surface area contributed by atoms with Gasteiger partial charge in [-0.2, -0.15) is 0 Å². The molecule has 1 unspecified atom stereocenters. The minimum Gasteiger partial charge on any atom is -0.490 e. The summed E-state index contributed by atoms with van der Waals surface area (Å²) >= 11 is 0. The van der Waals surface area contributed by atoms with E-state index >= 15 is 0 Å². The first-order valence-electron chi connectivity index (χ1n) is 8.17. The van der Waals surface area contributed by atoms with E-state index in [4.69, 9.17) is 4.74 Å². The maximum atomic E-state index is 12.8. The highest BCUT2D eigenvalue weighted by atomic mass is 16.6. The van der Waals surface area contributed by atoms with Crippen molar-refractivity contribution in [1.82, 2.24) is 4.90 Å². The predicted octanol–water partition coefficient (Wildman–Crippen LogP) is 3.23. The van der Waals surface area contributed by atoms with Crippen LogP contribution in [0.5, 0.6) is 5.75 Å². The number of ether oxygens (including phenoxy) is 1. The van der Waals surface area contributed by atoms with Gasteiger partial charge in [-0.1, -0.05) is 24.3 Å². The van der Waals surface area contributed by atoms with Crippen LogP contribution in [0.3, 0.4) is 0 Å². The third kappa shape index (κ3) is 3.33. The minimum atomic E-state index is -0.519. The Kier molecular flexibility index (Phi) is 4.70. The number of nitrogens with zero attached hydrogens (tertiary/aromatic N) is 2. The SMILES string of the molecule is COc1cc(C(=O)N(C)C2CCc3ccccc3C2)ccc1[N+](=O)[O-]. The number of carbonyl (C=O) groups excluding carboxylic acids is 1. The number of hydrogen-bond donors (Lipinski definition) is 0. The van der Waals surface area contributed by atoms with Gasteiger partial charge in [-0.25, -0.2) is 0 Å². The maximum Gasteiger partial charge on any atom is 0.310 e. The summed E-state index contributed by atoms with van der Waals surface area (Å²) in [6.45, 7) is 0. The number of rotatable bonds is 4. The number of hydrogen-bond acceptors (Lipinski definition) is 4. The second-order valence-corrected chi connectivity index (χ2v) is 6.23. The topological polar surface area (TPSA) is 72.7 Å². The van der Waals surface area contributed by atoms with Crippen molar-refractivity contribution in [3.8, 4) is 5.75 Å². The first-order chi connectivity index (χ1) is 12.0. The highest BCUT2D eigenvalue weighted by Gasteiger charge is 2.27. The maximum absolute atomic E-state index is 12.8. The normalized spacial score (nSPS) is 16.0. The Morgan fingerprint density at radius 3 is 2.64 bits per heavy atom. The molecule has 0 aromatic heterocycles. The van der Waals surface area contributed by atoms with Crippen LogP contribution in [0.25, 0.3) is 0 Å². The number of nitro groups is 1. The molecule has 6 heteroatoms. The zero-order valence-electron chi connectivity index (χ0n) is 14.3. The monoisotopic (exact) mass is 340 g/mol. The van der Waals surface area contributed by atoms with Crippen molar-refractivity contribution >= 4 is 11.6 Å². The minimum absolute atomic E-state index is 0.0956. The van der Waals surface area contributed by atoms with Gasteiger partial charge in [0.05, 0.1) is 12.0 Å². The van der Waals surface area contributed by atoms with Crippen LogP contribution in [-0.4, -0.2) is 35.9 Å². The van der Waals surface area contributed by atoms with Crippen molar-refractivity contribution in [2.24, 2.45) is 0 Å². The van der Waals surface area contributed by atoms with E-state index in [1.807, 2.05) is 12.1 Å². The fourth-order valence-corrected chi connectivity index (χ4v) is 3.34. The largest absolute Gasteiger partial charge is 0.490 e. The molecule has 0 radical (unpaired) electrons. The lowest BCUT2D eigenvalue weighted by Gasteiger charge is -2.32. The number of likely N-dealkylation sites (N-methyl/N-ethyl adjacent to an activating group) is 1. The first-order valence-corrected chi connectivity index (χ1v) is 8.17. The fraction of sp³-hybridized carbons (Fsp3) is 0.316. The van der Waals surface area contributed by atoms with Gasteiger partial charge < -0.3 is 9.64 Å². The van der Waals surface area contributed by atoms with E-state index in [9.17, 15) is 14.9 Å². The van der Waals surface area contributed by atoms with Crippen molar-refractivity contribution in [3.63, 3.8) is 0 Å². The summed E-state index contributed by atoms with van der Waals surface area (Å²) in [4.78, 5) is 25.0. The van der Waals surface area contributed by atoms with Crippen molar-refractivity contribution in [3.05, 3.63) is 69.3 Å². The van der Waals surface area contributed by atoms with Crippen LogP contribution in [0.2, 0.25) is 0 Å². The van der Waals surface area contributed by atoms with Gasteiger partial charge in [0.2, 0.25) is 0 Å². The molecule has 130 valence electrons. The number of methoxy groups -OCH3 is 1. The lowest BCUT2D eigenvalue weighted by molar-refractivity contribution is -0.385. The molecule has 0 spiro atoms. The molecule has 0 saturated heterocycles. The molecule has 25 heavy (non-hydrogen) atoms. The second-order valence-electron chi connectivity index (χ2n) is 6.23. The Balaban J connectivity index is 1.80. The first kappa shape index (κ1) is 17.0. The third-order valence-corrected chi connectivity index (χ3v) is 4.81. The Morgan fingerprint density at radius 2 is 1.96 bits per heavy atom. The molecule has 3 rings (SSSR count). The Labute approximate surface area is 146 Å². The van der Waals surface area contributed by atoms with E-state index in [0.717, 1.165) is 19.3 Å². The van der Waals surface area contributed by atoms with Gasteiger partial charge >= 0.3 is 5.69 Å². The van der Waals surface area contributed by atoms with Crippen LogP contribution in [0.1, 0.15) is 27.9 Å². The Morgan fingerprint density at radius 1 is 1.24 bits per heavy atom. The average molecular weight is 340 g/mol. The quantitative estimate of drug-likeness (QED) is 0.633. The molecule has 1 atom stereocenters. The van der Waals surface area contributed by atoms with Gasteiger partial charge in [0.1, 0.15) is 0 Å². The molecule has 0 heterocycles. The zero-order valence-corrected chi connectivity index (χ0v) is 14.3. The van der Waals surface area contributed by atoms with Crippen LogP contribution in [0.4, 0.5) is 5.69 Å². The lowest BCUT2D eigenvalue weighted by atomic mass is 9.87. The molecular formula is C19H20N2O4. The number of nitro benzene ring substituents is 1. The molecule has 2 aromatic rings. The summed E-state index contributed by atoms with van der Waals surface area (Å²) < 4.78 is 5.06. The molecule has 0 N–H and O–H groups in total. The van der Waals surface area contributed by atoms with Crippen LogP contribution < -0.4 is 4.74 Å². The smallest absolute Gasteiger partial charge is 0.310 e. The van der Waals surface area contributed by atoms with E-state index in [1.54, 1.807) is 11.9 Å². The number of amides is 1. The van der Waals surface area contributed by atoms with Crippen molar-refractivity contribution in [2.75, 3.05) is 14.2 Å². The fourth-order valence-electron chi connectivity index (χ4n) is 3.34. The summed E-state index contributed by atoms with van der Waals surface area (Å²) in [6.07, 6.45) is 2.67.